The SMILES string of the molecule is CSCCC(N)C(=O)NC(CCC(N)=O)C(=O)NC(Cc1ccc(O)cc1)C(=O)NC(Cc1cnc[nH]1)C(=O)O. The Hall–Kier alpha value is -4.11. The molecule has 2 rings (SSSR count). The number of aromatic nitrogens is 2. The van der Waals surface area contributed by atoms with Crippen LogP contribution in [0.15, 0.2) is 36.8 Å². The van der Waals surface area contributed by atoms with E-state index in [0.717, 1.165) is 0 Å². The van der Waals surface area contributed by atoms with Gasteiger partial charge in [0, 0.05) is 31.2 Å². The number of phenols is 1. The number of H-pyrrole nitrogens is 1. The summed E-state index contributed by atoms with van der Waals surface area (Å²) in [5.41, 5.74) is 12.2. The summed E-state index contributed by atoms with van der Waals surface area (Å²) in [5, 5.41) is 26.8. The van der Waals surface area contributed by atoms with Gasteiger partial charge in [-0.1, -0.05) is 12.1 Å². The minimum atomic E-state index is -1.34. The van der Waals surface area contributed by atoms with Crippen molar-refractivity contribution in [2.45, 2.75) is 56.3 Å². The first kappa shape index (κ1) is 32.1. The fourth-order valence-electron chi connectivity index (χ4n) is 3.65. The average Bonchev–Trinajstić information content (AvgIpc) is 3.42. The summed E-state index contributed by atoms with van der Waals surface area (Å²) in [6.07, 6.45) is 4.48. The van der Waals surface area contributed by atoms with E-state index in [4.69, 9.17) is 11.5 Å². The molecule has 14 nitrogen and oxygen atoms in total. The number of phenolic OH excluding ortho intramolecular Hbond substituents is 1. The molecule has 4 atom stereocenters. The first-order valence-corrected chi connectivity index (χ1v) is 13.8. The summed E-state index contributed by atoms with van der Waals surface area (Å²) in [7, 11) is 0. The maximum absolute atomic E-state index is 13.3. The molecule has 0 aliphatic rings. The fraction of sp³-hybridized carbons (Fsp3) is 0.440. The number of primary amides is 1. The van der Waals surface area contributed by atoms with Crippen LogP contribution in [0.1, 0.15) is 30.5 Å². The van der Waals surface area contributed by atoms with Gasteiger partial charge in [-0.3, -0.25) is 19.2 Å². The quantitative estimate of drug-likeness (QED) is 0.111. The second kappa shape index (κ2) is 16.1. The molecule has 0 radical (unpaired) electrons. The first-order valence-electron chi connectivity index (χ1n) is 12.4. The number of nitrogens with one attached hydrogen (secondary N) is 4. The number of aromatic hydroxyl groups is 1. The number of carboxylic acid groups (broad SMARTS) is 1. The van der Waals surface area contributed by atoms with Crippen LogP contribution in [-0.2, 0) is 36.8 Å². The second-order valence-electron chi connectivity index (χ2n) is 9.07. The minimum absolute atomic E-state index is 0.00803. The van der Waals surface area contributed by atoms with Crippen molar-refractivity contribution >= 4 is 41.4 Å². The van der Waals surface area contributed by atoms with Crippen molar-refractivity contribution in [3.05, 3.63) is 48.0 Å². The molecule has 1 aromatic heterocycles. The molecule has 4 unspecified atom stereocenters. The Morgan fingerprint density at radius 3 is 2.15 bits per heavy atom. The van der Waals surface area contributed by atoms with Crippen LogP contribution in [0.25, 0.3) is 0 Å². The lowest BCUT2D eigenvalue weighted by Crippen LogP contribution is -2.58. The van der Waals surface area contributed by atoms with Crippen molar-refractivity contribution in [2.75, 3.05) is 12.0 Å². The molecule has 4 amide bonds. The molecular formula is C25H35N7O7S. The van der Waals surface area contributed by atoms with Crippen LogP contribution in [0.2, 0.25) is 0 Å². The molecule has 218 valence electrons. The maximum atomic E-state index is 13.3. The number of hydrogen-bond donors (Lipinski definition) is 8. The molecule has 0 saturated heterocycles. The molecule has 1 aromatic carbocycles. The number of rotatable bonds is 17. The van der Waals surface area contributed by atoms with Crippen molar-refractivity contribution in [1.82, 2.24) is 25.9 Å². The lowest BCUT2D eigenvalue weighted by molar-refractivity contribution is -0.142. The van der Waals surface area contributed by atoms with E-state index < -0.39 is 53.8 Å². The highest BCUT2D eigenvalue weighted by Crippen LogP contribution is 2.12. The Kier molecular flexibility index (Phi) is 12.9. The zero-order valence-corrected chi connectivity index (χ0v) is 22.8. The Bertz CT molecular complexity index is 1140. The number of aromatic amines is 1. The van der Waals surface area contributed by atoms with Gasteiger partial charge >= 0.3 is 5.97 Å². The van der Waals surface area contributed by atoms with Gasteiger partial charge in [0.25, 0.3) is 0 Å². The standard InChI is InChI=1S/C25H35N7O7S/c1-40-9-8-17(26)22(35)30-18(6-7-21(27)34)23(36)31-19(10-14-2-4-16(33)5-3-14)24(37)32-20(25(38)39)11-15-12-28-13-29-15/h2-5,12-13,17-20,33H,6-11,26H2,1H3,(H2,27,34)(H,28,29)(H,30,35)(H,31,36)(H,32,37)(H,38,39). The molecule has 0 aliphatic carbocycles. The van der Waals surface area contributed by atoms with Crippen molar-refractivity contribution < 1.29 is 34.2 Å². The molecule has 0 fully saturated rings. The zero-order valence-electron chi connectivity index (χ0n) is 22.0. The van der Waals surface area contributed by atoms with E-state index in [-0.39, 0.29) is 31.4 Å². The highest BCUT2D eigenvalue weighted by Gasteiger charge is 2.31. The number of carbonyl (C=O) groups excluding carboxylic acids is 4. The summed E-state index contributed by atoms with van der Waals surface area (Å²) in [6.45, 7) is 0. The van der Waals surface area contributed by atoms with Gasteiger partial charge in [0.15, 0.2) is 0 Å². The van der Waals surface area contributed by atoms with Crippen LogP contribution < -0.4 is 27.4 Å². The monoisotopic (exact) mass is 577 g/mol. The number of aliphatic carboxylic acids is 1. The minimum Gasteiger partial charge on any atom is -0.508 e. The van der Waals surface area contributed by atoms with E-state index in [0.29, 0.717) is 23.4 Å². The average molecular weight is 578 g/mol. The van der Waals surface area contributed by atoms with E-state index in [1.165, 1.54) is 48.6 Å². The number of carboxylic acids is 1. The van der Waals surface area contributed by atoms with Crippen LogP contribution in [0.5, 0.6) is 5.75 Å². The highest BCUT2D eigenvalue weighted by molar-refractivity contribution is 7.98. The molecule has 0 spiro atoms. The van der Waals surface area contributed by atoms with E-state index in [9.17, 15) is 34.2 Å². The topological polar surface area (TPSA) is 243 Å². The lowest BCUT2D eigenvalue weighted by Gasteiger charge is -2.25. The highest BCUT2D eigenvalue weighted by atomic mass is 32.2. The van der Waals surface area contributed by atoms with Crippen molar-refractivity contribution in [1.29, 1.82) is 0 Å². The zero-order chi connectivity index (χ0) is 29.7. The van der Waals surface area contributed by atoms with Gasteiger partial charge in [-0.25, -0.2) is 9.78 Å². The largest absolute Gasteiger partial charge is 0.508 e. The third-order valence-electron chi connectivity index (χ3n) is 5.88. The van der Waals surface area contributed by atoms with E-state index in [1.54, 1.807) is 0 Å². The van der Waals surface area contributed by atoms with E-state index >= 15 is 0 Å². The Labute approximate surface area is 235 Å². The summed E-state index contributed by atoms with van der Waals surface area (Å²) >= 11 is 1.50. The number of carbonyl (C=O) groups is 5. The van der Waals surface area contributed by atoms with Gasteiger partial charge in [0.2, 0.25) is 23.6 Å². The number of imidazole rings is 1. The lowest BCUT2D eigenvalue weighted by atomic mass is 10.0. The smallest absolute Gasteiger partial charge is 0.326 e. The maximum Gasteiger partial charge on any atom is 0.326 e. The van der Waals surface area contributed by atoms with Gasteiger partial charge in [-0.05, 0) is 42.5 Å². The molecule has 1 heterocycles. The molecule has 0 saturated carbocycles. The van der Waals surface area contributed by atoms with Gasteiger partial charge in [0.05, 0.1) is 12.4 Å². The number of nitrogens with two attached hydrogens (primary N) is 2. The molecule has 10 N–H and O–H groups in total. The van der Waals surface area contributed by atoms with Gasteiger partial charge < -0.3 is 42.6 Å². The number of amides is 4. The Balaban J connectivity index is 2.25. The van der Waals surface area contributed by atoms with E-state index in [1.807, 2.05) is 6.26 Å². The molecule has 15 heteroatoms. The van der Waals surface area contributed by atoms with Crippen LogP contribution in [0, 0.1) is 0 Å². The third kappa shape index (κ3) is 10.9. The third-order valence-corrected chi connectivity index (χ3v) is 6.53. The molecule has 2 aromatic rings. The van der Waals surface area contributed by atoms with E-state index in [2.05, 4.69) is 25.9 Å². The van der Waals surface area contributed by atoms with Crippen LogP contribution in [-0.4, -0.2) is 86.0 Å². The van der Waals surface area contributed by atoms with Crippen molar-refractivity contribution in [3.63, 3.8) is 0 Å². The van der Waals surface area contributed by atoms with Crippen LogP contribution in [0.4, 0.5) is 0 Å². The van der Waals surface area contributed by atoms with Crippen molar-refractivity contribution in [3.8, 4) is 5.75 Å². The Morgan fingerprint density at radius 2 is 1.57 bits per heavy atom. The number of benzene rings is 1. The van der Waals surface area contributed by atoms with Crippen LogP contribution >= 0.6 is 11.8 Å². The van der Waals surface area contributed by atoms with Gasteiger partial charge in [-0.2, -0.15) is 11.8 Å². The second-order valence-corrected chi connectivity index (χ2v) is 10.1. The molecule has 40 heavy (non-hydrogen) atoms. The van der Waals surface area contributed by atoms with Crippen LogP contribution in [0.3, 0.4) is 0 Å². The number of hydrogen-bond acceptors (Lipinski definition) is 9. The van der Waals surface area contributed by atoms with Gasteiger partial charge in [0.1, 0.15) is 23.9 Å². The molecule has 0 bridgehead atoms. The summed E-state index contributed by atoms with van der Waals surface area (Å²) in [6, 6.07) is 1.12. The van der Waals surface area contributed by atoms with Gasteiger partial charge in [-0.15, -0.1) is 0 Å². The normalized spacial score (nSPS) is 13.8. The number of nitrogens with zero attached hydrogens (tertiary/aromatic N) is 1. The predicted molar refractivity (Wildman–Crippen MR) is 147 cm³/mol. The Morgan fingerprint density at radius 1 is 0.950 bits per heavy atom. The summed E-state index contributed by atoms with van der Waals surface area (Å²) in [5.74, 6) is -3.58. The molecule has 0 aliphatic heterocycles. The summed E-state index contributed by atoms with van der Waals surface area (Å²) in [4.78, 5) is 69.0. The first-order chi connectivity index (χ1) is 19.0. The number of thioether (sulfide) groups is 1. The fourth-order valence-corrected chi connectivity index (χ4v) is 4.14. The van der Waals surface area contributed by atoms with Crippen molar-refractivity contribution in [2.24, 2.45) is 11.5 Å². The summed E-state index contributed by atoms with van der Waals surface area (Å²) < 4.78 is 0. The predicted octanol–water partition coefficient (Wildman–Crippen LogP) is -1.21. The molecular weight excluding hydrogens is 542 g/mol.